The molecule has 2 amide bonds. The van der Waals surface area contributed by atoms with Crippen LogP contribution in [0.2, 0.25) is 0 Å². The van der Waals surface area contributed by atoms with E-state index in [1.807, 2.05) is 13.0 Å². The number of rotatable bonds is 6. The normalized spacial score (nSPS) is 13.0. The Morgan fingerprint density at radius 2 is 1.86 bits per heavy atom. The monoisotopic (exact) mass is 410 g/mol. The topological polar surface area (TPSA) is 83.1 Å². The molecule has 2 aromatic carbocycles. The number of hydrogen-bond acceptors (Lipinski definition) is 5. The van der Waals surface area contributed by atoms with Gasteiger partial charge in [0.25, 0.3) is 11.8 Å². The van der Waals surface area contributed by atoms with Gasteiger partial charge in [-0.25, -0.2) is 9.37 Å². The van der Waals surface area contributed by atoms with Gasteiger partial charge in [0.15, 0.2) is 5.13 Å². The predicted molar refractivity (Wildman–Crippen MR) is 111 cm³/mol. The van der Waals surface area contributed by atoms with E-state index >= 15 is 0 Å². The molecule has 8 heteroatoms. The van der Waals surface area contributed by atoms with Crippen LogP contribution in [0.25, 0.3) is 0 Å². The smallest absolute Gasteiger partial charge is 0.267 e. The van der Waals surface area contributed by atoms with Crippen LogP contribution in [-0.2, 0) is 0 Å². The second kappa shape index (κ2) is 8.00. The van der Waals surface area contributed by atoms with Crippen molar-refractivity contribution in [3.8, 4) is 0 Å². The fourth-order valence-corrected chi connectivity index (χ4v) is 3.40. The van der Waals surface area contributed by atoms with E-state index in [4.69, 9.17) is 0 Å². The molecule has 0 aliphatic heterocycles. The Morgan fingerprint density at radius 3 is 2.59 bits per heavy atom. The summed E-state index contributed by atoms with van der Waals surface area (Å²) in [4.78, 5) is 29.5. The standard InChI is InChI=1S/C21H19FN4O2S/c1-12-2-3-13(19(27)24-15-8-9-15)10-17(12)26-20(28)18-11-23-21(29-18)25-16-6-4-14(22)5-7-16/h2-7,10-11,15H,8-9H2,1H3,(H,23,25)(H,24,27)(H,26,28). The molecule has 148 valence electrons. The van der Waals surface area contributed by atoms with E-state index in [1.165, 1.54) is 29.7 Å². The van der Waals surface area contributed by atoms with Gasteiger partial charge in [-0.2, -0.15) is 0 Å². The van der Waals surface area contributed by atoms with Crippen LogP contribution in [0.1, 0.15) is 38.4 Å². The highest BCUT2D eigenvalue weighted by atomic mass is 32.1. The molecule has 6 nitrogen and oxygen atoms in total. The van der Waals surface area contributed by atoms with Crippen LogP contribution in [0.4, 0.5) is 20.9 Å². The SMILES string of the molecule is Cc1ccc(C(=O)NC2CC2)cc1NC(=O)c1cnc(Nc2ccc(F)cc2)s1. The van der Waals surface area contributed by atoms with Gasteiger partial charge in [0.1, 0.15) is 10.7 Å². The number of nitrogens with one attached hydrogen (secondary N) is 3. The van der Waals surface area contributed by atoms with Gasteiger partial charge in [-0.3, -0.25) is 9.59 Å². The quantitative estimate of drug-likeness (QED) is 0.560. The van der Waals surface area contributed by atoms with Gasteiger partial charge >= 0.3 is 0 Å². The molecule has 1 saturated carbocycles. The van der Waals surface area contributed by atoms with Crippen molar-refractivity contribution in [2.24, 2.45) is 0 Å². The molecule has 0 atom stereocenters. The molecule has 1 aliphatic rings. The summed E-state index contributed by atoms with van der Waals surface area (Å²) in [5.74, 6) is -0.762. The lowest BCUT2D eigenvalue weighted by Gasteiger charge is -2.10. The van der Waals surface area contributed by atoms with E-state index in [-0.39, 0.29) is 23.7 Å². The number of benzene rings is 2. The number of nitrogens with zero attached hydrogens (tertiary/aromatic N) is 1. The molecule has 29 heavy (non-hydrogen) atoms. The lowest BCUT2D eigenvalue weighted by Crippen LogP contribution is -2.25. The predicted octanol–water partition coefficient (Wildman–Crippen LogP) is 4.48. The van der Waals surface area contributed by atoms with Crippen molar-refractivity contribution in [2.45, 2.75) is 25.8 Å². The summed E-state index contributed by atoms with van der Waals surface area (Å²) in [7, 11) is 0. The number of aryl methyl sites for hydroxylation is 1. The maximum absolute atomic E-state index is 13.0. The van der Waals surface area contributed by atoms with E-state index in [1.54, 1.807) is 24.3 Å². The average Bonchev–Trinajstić information content (AvgIpc) is 3.39. The maximum atomic E-state index is 13.0. The van der Waals surface area contributed by atoms with Crippen LogP contribution in [0.15, 0.2) is 48.7 Å². The van der Waals surface area contributed by atoms with Crippen molar-refractivity contribution in [2.75, 3.05) is 10.6 Å². The second-order valence-electron chi connectivity index (χ2n) is 6.89. The summed E-state index contributed by atoms with van der Waals surface area (Å²) in [6, 6.07) is 11.4. The number of amides is 2. The molecule has 4 rings (SSSR count). The van der Waals surface area contributed by atoms with Gasteiger partial charge in [0.05, 0.1) is 6.20 Å². The van der Waals surface area contributed by atoms with Crippen LogP contribution < -0.4 is 16.0 Å². The summed E-state index contributed by atoms with van der Waals surface area (Å²) in [5, 5.41) is 9.35. The summed E-state index contributed by atoms with van der Waals surface area (Å²) in [6.45, 7) is 1.87. The summed E-state index contributed by atoms with van der Waals surface area (Å²) in [6.07, 6.45) is 3.51. The van der Waals surface area contributed by atoms with Crippen molar-refractivity contribution >= 4 is 39.7 Å². The highest BCUT2D eigenvalue weighted by molar-refractivity contribution is 7.17. The van der Waals surface area contributed by atoms with Gasteiger partial charge in [0, 0.05) is 23.0 Å². The van der Waals surface area contributed by atoms with Crippen LogP contribution in [0.5, 0.6) is 0 Å². The van der Waals surface area contributed by atoms with Gasteiger partial charge in [-0.05, 0) is 61.7 Å². The van der Waals surface area contributed by atoms with Crippen molar-refractivity contribution in [3.63, 3.8) is 0 Å². The number of aromatic nitrogens is 1. The minimum Gasteiger partial charge on any atom is -0.349 e. The van der Waals surface area contributed by atoms with Crippen LogP contribution in [0, 0.1) is 12.7 Å². The van der Waals surface area contributed by atoms with Gasteiger partial charge in [0.2, 0.25) is 0 Å². The minimum atomic E-state index is -0.321. The molecule has 0 saturated heterocycles. The lowest BCUT2D eigenvalue weighted by atomic mass is 10.1. The third-order valence-corrected chi connectivity index (χ3v) is 5.40. The van der Waals surface area contributed by atoms with E-state index in [9.17, 15) is 14.0 Å². The van der Waals surface area contributed by atoms with Crippen molar-refractivity contribution in [3.05, 3.63) is 70.5 Å². The van der Waals surface area contributed by atoms with E-state index in [0.717, 1.165) is 18.4 Å². The third-order valence-electron chi connectivity index (χ3n) is 4.49. The first-order valence-electron chi connectivity index (χ1n) is 9.19. The molecule has 1 fully saturated rings. The molecule has 1 aromatic heterocycles. The highest BCUT2D eigenvalue weighted by Gasteiger charge is 2.24. The van der Waals surface area contributed by atoms with Crippen LogP contribution in [0.3, 0.4) is 0 Å². The summed E-state index contributed by atoms with van der Waals surface area (Å²) in [5.41, 5.74) is 2.63. The molecule has 3 aromatic rings. The summed E-state index contributed by atoms with van der Waals surface area (Å²) < 4.78 is 13.0. The Labute approximate surface area is 171 Å². The molecular formula is C21H19FN4O2S. The second-order valence-corrected chi connectivity index (χ2v) is 7.92. The van der Waals surface area contributed by atoms with Crippen LogP contribution in [-0.4, -0.2) is 22.8 Å². The first-order valence-corrected chi connectivity index (χ1v) is 10.0. The molecule has 1 heterocycles. The van der Waals surface area contributed by atoms with E-state index < -0.39 is 0 Å². The van der Waals surface area contributed by atoms with Crippen molar-refractivity contribution in [1.82, 2.24) is 10.3 Å². The van der Waals surface area contributed by atoms with E-state index in [0.29, 0.717) is 26.9 Å². The number of carbonyl (C=O) groups excluding carboxylic acids is 2. The molecule has 0 unspecified atom stereocenters. The first kappa shape index (κ1) is 19.1. The summed E-state index contributed by atoms with van der Waals surface area (Å²) >= 11 is 1.19. The number of hydrogen-bond donors (Lipinski definition) is 3. The molecule has 3 N–H and O–H groups in total. The number of anilines is 3. The Balaban J connectivity index is 1.44. The lowest BCUT2D eigenvalue weighted by molar-refractivity contribution is 0.0949. The Morgan fingerprint density at radius 1 is 1.10 bits per heavy atom. The first-order chi connectivity index (χ1) is 14.0. The molecule has 0 radical (unpaired) electrons. The molecular weight excluding hydrogens is 391 g/mol. The Kier molecular flexibility index (Phi) is 5.26. The third kappa shape index (κ3) is 4.78. The highest BCUT2D eigenvalue weighted by Crippen LogP contribution is 2.25. The zero-order chi connectivity index (χ0) is 20.4. The number of carbonyl (C=O) groups is 2. The minimum absolute atomic E-state index is 0.133. The Hall–Kier alpha value is -3.26. The molecule has 1 aliphatic carbocycles. The van der Waals surface area contributed by atoms with Crippen molar-refractivity contribution in [1.29, 1.82) is 0 Å². The van der Waals surface area contributed by atoms with Crippen LogP contribution >= 0.6 is 11.3 Å². The molecule has 0 spiro atoms. The van der Waals surface area contributed by atoms with E-state index in [2.05, 4.69) is 20.9 Å². The average molecular weight is 410 g/mol. The molecule has 0 bridgehead atoms. The zero-order valence-corrected chi connectivity index (χ0v) is 16.5. The maximum Gasteiger partial charge on any atom is 0.267 e. The van der Waals surface area contributed by atoms with Gasteiger partial charge in [-0.1, -0.05) is 17.4 Å². The van der Waals surface area contributed by atoms with Crippen molar-refractivity contribution < 1.29 is 14.0 Å². The number of thiazole rings is 1. The fourth-order valence-electron chi connectivity index (χ4n) is 2.67. The Bertz CT molecular complexity index is 1060. The largest absolute Gasteiger partial charge is 0.349 e. The van der Waals surface area contributed by atoms with Gasteiger partial charge in [-0.15, -0.1) is 0 Å². The van der Waals surface area contributed by atoms with Gasteiger partial charge < -0.3 is 16.0 Å². The fraction of sp³-hybridized carbons (Fsp3) is 0.190. The number of halogens is 1. The zero-order valence-electron chi connectivity index (χ0n) is 15.7.